The molecule has 3 aromatic rings. The van der Waals surface area contributed by atoms with Gasteiger partial charge in [0.15, 0.2) is 12.4 Å². The first-order chi connectivity index (χ1) is 12.2. The summed E-state index contributed by atoms with van der Waals surface area (Å²) in [5.41, 5.74) is 0. The number of rotatable bonds is 6. The van der Waals surface area contributed by atoms with E-state index in [0.29, 0.717) is 28.2 Å². The molecule has 0 aliphatic carbocycles. The maximum Gasteiger partial charge on any atom is 0.343 e. The Labute approximate surface area is 148 Å². The number of benzene rings is 1. The van der Waals surface area contributed by atoms with E-state index < -0.39 is 5.97 Å². The Hall–Kier alpha value is -2.87. The molecule has 0 radical (unpaired) electrons. The maximum absolute atomic E-state index is 11.5. The topological polar surface area (TPSA) is 79.8 Å². The van der Waals surface area contributed by atoms with E-state index in [0.717, 1.165) is 10.1 Å². The van der Waals surface area contributed by atoms with E-state index in [1.54, 1.807) is 6.07 Å². The molecule has 1 aromatic carbocycles. The van der Waals surface area contributed by atoms with Crippen LogP contribution in [-0.4, -0.2) is 43.9 Å². The molecule has 0 saturated carbocycles. The monoisotopic (exact) mass is 360 g/mol. The van der Waals surface area contributed by atoms with E-state index in [2.05, 4.69) is 14.7 Å². The fourth-order valence-electron chi connectivity index (χ4n) is 2.22. The van der Waals surface area contributed by atoms with Gasteiger partial charge in [0.25, 0.3) is 0 Å². The van der Waals surface area contributed by atoms with Gasteiger partial charge in [-0.15, -0.1) is 11.3 Å². The van der Waals surface area contributed by atoms with Gasteiger partial charge in [-0.3, -0.25) is 0 Å². The van der Waals surface area contributed by atoms with Crippen molar-refractivity contribution in [2.24, 2.45) is 0 Å². The van der Waals surface area contributed by atoms with Crippen molar-refractivity contribution < 1.29 is 23.7 Å². The van der Waals surface area contributed by atoms with Crippen LogP contribution in [0.1, 0.15) is 0 Å². The number of hydrogen-bond acceptors (Lipinski definition) is 8. The first kappa shape index (κ1) is 17.0. The summed E-state index contributed by atoms with van der Waals surface area (Å²) in [7, 11) is 4.35. The second-order valence-electron chi connectivity index (χ2n) is 4.90. The zero-order valence-corrected chi connectivity index (χ0v) is 14.8. The first-order valence-corrected chi connectivity index (χ1v) is 8.16. The Morgan fingerprint density at radius 2 is 1.76 bits per heavy atom. The van der Waals surface area contributed by atoms with Crippen LogP contribution in [0.4, 0.5) is 0 Å². The van der Waals surface area contributed by atoms with E-state index in [-0.39, 0.29) is 6.61 Å². The Bertz CT molecular complexity index is 887. The van der Waals surface area contributed by atoms with E-state index >= 15 is 0 Å². The molecule has 0 aliphatic heterocycles. The highest BCUT2D eigenvalue weighted by atomic mass is 32.1. The Kier molecular flexibility index (Phi) is 4.99. The number of fused-ring (bicyclic) bond motifs is 1. The Morgan fingerprint density at radius 3 is 2.40 bits per heavy atom. The summed E-state index contributed by atoms with van der Waals surface area (Å²) < 4.78 is 21.8. The lowest BCUT2D eigenvalue weighted by atomic mass is 10.2. The number of thiophene rings is 1. The van der Waals surface area contributed by atoms with Crippen LogP contribution in [-0.2, 0) is 9.53 Å². The average Bonchev–Trinajstić information content (AvgIpc) is 3.04. The fourth-order valence-corrected chi connectivity index (χ4v) is 3.30. The molecule has 8 heteroatoms. The average molecular weight is 360 g/mol. The molecule has 3 rings (SSSR count). The zero-order valence-electron chi connectivity index (χ0n) is 13.9. The quantitative estimate of drug-likeness (QED) is 0.625. The van der Waals surface area contributed by atoms with Crippen molar-refractivity contribution >= 4 is 27.4 Å². The molecule has 0 unspecified atom stereocenters. The predicted molar refractivity (Wildman–Crippen MR) is 93.5 cm³/mol. The molecular weight excluding hydrogens is 344 g/mol. The molecule has 7 nitrogen and oxygen atoms in total. The molecule has 0 fully saturated rings. The third-order valence-corrected chi connectivity index (χ3v) is 4.56. The summed E-state index contributed by atoms with van der Waals surface area (Å²) in [6, 6.07) is 9.30. The number of carbonyl (C=O) groups excluding carboxylic acids is 1. The number of nitrogens with zero attached hydrogens (tertiary/aromatic N) is 2. The molecule has 0 bridgehead atoms. The molecule has 0 saturated heterocycles. The number of aromatic nitrogens is 2. The number of carbonyl (C=O) groups is 1. The van der Waals surface area contributed by atoms with Crippen molar-refractivity contribution in [1.29, 1.82) is 0 Å². The van der Waals surface area contributed by atoms with Gasteiger partial charge in [0.1, 0.15) is 10.6 Å². The maximum atomic E-state index is 11.5. The summed E-state index contributed by atoms with van der Waals surface area (Å²) in [5, 5.41) is 0.872. The van der Waals surface area contributed by atoms with Gasteiger partial charge in [-0.05, 0) is 12.1 Å². The summed E-state index contributed by atoms with van der Waals surface area (Å²) >= 11 is 1.46. The van der Waals surface area contributed by atoms with Gasteiger partial charge in [0.2, 0.25) is 11.8 Å². The third-order valence-electron chi connectivity index (χ3n) is 3.41. The van der Waals surface area contributed by atoms with Crippen LogP contribution >= 0.6 is 11.3 Å². The number of esters is 1. The molecule has 0 amide bonds. The van der Waals surface area contributed by atoms with Gasteiger partial charge < -0.3 is 18.9 Å². The molecule has 0 N–H and O–H groups in total. The largest absolute Gasteiger partial charge is 0.481 e. The normalized spacial score (nSPS) is 10.5. The van der Waals surface area contributed by atoms with Gasteiger partial charge >= 0.3 is 5.97 Å². The van der Waals surface area contributed by atoms with Crippen LogP contribution in [0.3, 0.4) is 0 Å². The van der Waals surface area contributed by atoms with Gasteiger partial charge in [-0.1, -0.05) is 12.1 Å². The minimum absolute atomic E-state index is 0.203. The second-order valence-corrected chi connectivity index (χ2v) is 5.95. The summed E-state index contributed by atoms with van der Waals surface area (Å²) in [5.74, 6) is 1.21. The first-order valence-electron chi connectivity index (χ1n) is 7.34. The van der Waals surface area contributed by atoms with E-state index in [1.165, 1.54) is 32.7 Å². The Morgan fingerprint density at radius 1 is 1.08 bits per heavy atom. The standard InChI is InChI=1S/C17H16N2O5S/c1-21-12-8-13(22-2)19-17(18-12)16-15(24-9-14(20)23-3)10-6-4-5-7-11(10)25-16/h4-8H,9H2,1-3H3. The highest BCUT2D eigenvalue weighted by Crippen LogP contribution is 2.43. The molecule has 2 aromatic heterocycles. The van der Waals surface area contributed by atoms with Crippen LogP contribution in [0.2, 0.25) is 0 Å². The fraction of sp³-hybridized carbons (Fsp3) is 0.235. The van der Waals surface area contributed by atoms with Gasteiger partial charge in [0, 0.05) is 10.1 Å². The molecule has 130 valence electrons. The van der Waals surface area contributed by atoms with Crippen LogP contribution in [0.5, 0.6) is 17.5 Å². The zero-order chi connectivity index (χ0) is 17.8. The SMILES string of the molecule is COC(=O)COc1c(-c2nc(OC)cc(OC)n2)sc2ccccc12. The van der Waals surface area contributed by atoms with E-state index in [1.807, 2.05) is 24.3 Å². The lowest BCUT2D eigenvalue weighted by Gasteiger charge is -2.08. The minimum atomic E-state index is -0.467. The highest BCUT2D eigenvalue weighted by molar-refractivity contribution is 7.22. The van der Waals surface area contributed by atoms with Gasteiger partial charge in [-0.25, -0.2) is 4.79 Å². The minimum Gasteiger partial charge on any atom is -0.481 e. The highest BCUT2D eigenvalue weighted by Gasteiger charge is 2.20. The summed E-state index contributed by atoms with van der Waals surface area (Å²) in [4.78, 5) is 20.9. The smallest absolute Gasteiger partial charge is 0.343 e. The van der Waals surface area contributed by atoms with Crippen LogP contribution < -0.4 is 14.2 Å². The lowest BCUT2D eigenvalue weighted by molar-refractivity contribution is -0.142. The van der Waals surface area contributed by atoms with Crippen LogP contribution in [0, 0.1) is 0 Å². The molecular formula is C17H16N2O5S. The summed E-state index contributed by atoms with van der Waals surface area (Å²) in [6.07, 6.45) is 0. The summed E-state index contributed by atoms with van der Waals surface area (Å²) in [6.45, 7) is -0.203. The second kappa shape index (κ2) is 7.35. The predicted octanol–water partition coefficient (Wildman–Crippen LogP) is 2.93. The molecule has 25 heavy (non-hydrogen) atoms. The van der Waals surface area contributed by atoms with Crippen molar-refractivity contribution in [1.82, 2.24) is 9.97 Å². The van der Waals surface area contributed by atoms with Crippen LogP contribution in [0.25, 0.3) is 20.8 Å². The number of methoxy groups -OCH3 is 3. The van der Waals surface area contributed by atoms with E-state index in [9.17, 15) is 4.79 Å². The van der Waals surface area contributed by atoms with Crippen molar-refractivity contribution in [3.05, 3.63) is 30.3 Å². The van der Waals surface area contributed by atoms with Gasteiger partial charge in [-0.2, -0.15) is 9.97 Å². The van der Waals surface area contributed by atoms with Crippen molar-refractivity contribution in [3.8, 4) is 28.2 Å². The number of hydrogen-bond donors (Lipinski definition) is 0. The van der Waals surface area contributed by atoms with Crippen molar-refractivity contribution in [2.75, 3.05) is 27.9 Å². The molecule has 2 heterocycles. The molecule has 0 atom stereocenters. The van der Waals surface area contributed by atoms with Crippen molar-refractivity contribution in [3.63, 3.8) is 0 Å². The van der Waals surface area contributed by atoms with Crippen molar-refractivity contribution in [2.45, 2.75) is 0 Å². The Balaban J connectivity index is 2.13. The number of ether oxygens (including phenoxy) is 4. The lowest BCUT2D eigenvalue weighted by Crippen LogP contribution is -2.12. The molecule has 0 aliphatic rings. The van der Waals surface area contributed by atoms with E-state index in [4.69, 9.17) is 14.2 Å². The third kappa shape index (κ3) is 3.48. The van der Waals surface area contributed by atoms with Crippen LogP contribution in [0.15, 0.2) is 30.3 Å². The van der Waals surface area contributed by atoms with Gasteiger partial charge in [0.05, 0.1) is 27.4 Å². The molecule has 0 spiro atoms.